The molecule has 1 aliphatic carbocycles. The minimum absolute atomic E-state index is 0.147. The maximum absolute atomic E-state index is 12.0. The standard InChI is InChI=1S/C15H14N6O2S/c22-11(17-15-20-19-14(24-15)9-4-5-9)6-7-12-18-13(21-23-12)10-3-1-2-8-16-10/h1-3,8-9H,4-7H2,(H,17,20,22). The van der Waals surface area contributed by atoms with E-state index in [0.717, 1.165) is 5.01 Å². The summed E-state index contributed by atoms with van der Waals surface area (Å²) in [6.45, 7) is 0. The third-order valence-electron chi connectivity index (χ3n) is 3.54. The molecule has 1 saturated carbocycles. The molecule has 24 heavy (non-hydrogen) atoms. The number of rotatable bonds is 6. The van der Waals surface area contributed by atoms with Crippen LogP contribution in [0.15, 0.2) is 28.9 Å². The van der Waals surface area contributed by atoms with Crippen LogP contribution >= 0.6 is 11.3 Å². The van der Waals surface area contributed by atoms with Crippen molar-refractivity contribution in [3.63, 3.8) is 0 Å². The number of pyridine rings is 1. The van der Waals surface area contributed by atoms with Crippen LogP contribution < -0.4 is 5.32 Å². The molecule has 0 atom stereocenters. The van der Waals surface area contributed by atoms with Crippen molar-refractivity contribution in [2.75, 3.05) is 5.32 Å². The van der Waals surface area contributed by atoms with E-state index in [9.17, 15) is 4.79 Å². The Morgan fingerprint density at radius 3 is 3.04 bits per heavy atom. The molecule has 1 amide bonds. The Kier molecular flexibility index (Phi) is 3.99. The second kappa shape index (κ2) is 6.44. The second-order valence-corrected chi connectivity index (χ2v) is 6.50. The van der Waals surface area contributed by atoms with Gasteiger partial charge >= 0.3 is 0 Å². The van der Waals surface area contributed by atoms with Crippen molar-refractivity contribution >= 4 is 22.4 Å². The highest BCUT2D eigenvalue weighted by Crippen LogP contribution is 2.42. The summed E-state index contributed by atoms with van der Waals surface area (Å²) < 4.78 is 5.16. The Bertz CT molecular complexity index is 843. The Morgan fingerprint density at radius 1 is 1.33 bits per heavy atom. The summed E-state index contributed by atoms with van der Waals surface area (Å²) in [7, 11) is 0. The van der Waals surface area contributed by atoms with Crippen molar-refractivity contribution in [3.8, 4) is 11.5 Å². The molecule has 0 saturated heterocycles. The lowest BCUT2D eigenvalue weighted by Crippen LogP contribution is -2.12. The summed E-state index contributed by atoms with van der Waals surface area (Å²) >= 11 is 1.44. The van der Waals surface area contributed by atoms with E-state index < -0.39 is 0 Å². The van der Waals surface area contributed by atoms with Gasteiger partial charge in [-0.3, -0.25) is 9.78 Å². The van der Waals surface area contributed by atoms with Gasteiger partial charge in [0.05, 0.1) is 0 Å². The van der Waals surface area contributed by atoms with Gasteiger partial charge in [-0.15, -0.1) is 10.2 Å². The van der Waals surface area contributed by atoms with E-state index >= 15 is 0 Å². The zero-order valence-electron chi connectivity index (χ0n) is 12.7. The lowest BCUT2D eigenvalue weighted by molar-refractivity contribution is -0.116. The lowest BCUT2D eigenvalue weighted by atomic mass is 10.3. The molecule has 3 aromatic heterocycles. The molecule has 122 valence electrons. The molecule has 8 nitrogen and oxygen atoms in total. The highest BCUT2D eigenvalue weighted by atomic mass is 32.1. The lowest BCUT2D eigenvalue weighted by Gasteiger charge is -1.98. The van der Waals surface area contributed by atoms with Crippen molar-refractivity contribution in [1.29, 1.82) is 0 Å². The van der Waals surface area contributed by atoms with E-state index in [2.05, 4.69) is 30.6 Å². The van der Waals surface area contributed by atoms with Crippen molar-refractivity contribution in [1.82, 2.24) is 25.3 Å². The van der Waals surface area contributed by atoms with E-state index in [1.165, 1.54) is 24.2 Å². The normalized spacial score (nSPS) is 13.8. The molecule has 3 aromatic rings. The number of aryl methyl sites for hydroxylation is 1. The summed E-state index contributed by atoms with van der Waals surface area (Å²) in [6, 6.07) is 5.47. The van der Waals surface area contributed by atoms with Crippen LogP contribution in [0.1, 0.15) is 36.1 Å². The van der Waals surface area contributed by atoms with E-state index in [-0.39, 0.29) is 12.3 Å². The molecular formula is C15H14N6O2S. The van der Waals surface area contributed by atoms with E-state index in [1.54, 1.807) is 12.3 Å². The van der Waals surface area contributed by atoms with Crippen LogP contribution in [-0.4, -0.2) is 31.2 Å². The monoisotopic (exact) mass is 342 g/mol. The zero-order valence-corrected chi connectivity index (χ0v) is 13.5. The number of anilines is 1. The van der Waals surface area contributed by atoms with E-state index in [4.69, 9.17) is 4.52 Å². The van der Waals surface area contributed by atoms with Crippen LogP contribution in [0.2, 0.25) is 0 Å². The predicted octanol–water partition coefficient (Wildman–Crippen LogP) is 2.43. The SMILES string of the molecule is O=C(CCc1nc(-c2ccccn2)no1)Nc1nnc(C2CC2)s1. The smallest absolute Gasteiger partial charge is 0.227 e. The van der Waals surface area contributed by atoms with Gasteiger partial charge < -0.3 is 9.84 Å². The van der Waals surface area contributed by atoms with Crippen molar-refractivity contribution in [2.24, 2.45) is 0 Å². The summed E-state index contributed by atoms with van der Waals surface area (Å²) in [5, 5.41) is 16.3. The average molecular weight is 342 g/mol. The summed E-state index contributed by atoms with van der Waals surface area (Å²) in [5.74, 6) is 1.22. The number of carbonyl (C=O) groups excluding carboxylic acids is 1. The minimum Gasteiger partial charge on any atom is -0.339 e. The largest absolute Gasteiger partial charge is 0.339 e. The molecule has 0 aliphatic heterocycles. The molecule has 0 radical (unpaired) electrons. The first-order chi connectivity index (χ1) is 11.8. The van der Waals surface area contributed by atoms with Gasteiger partial charge in [0.25, 0.3) is 0 Å². The van der Waals surface area contributed by atoms with Gasteiger partial charge in [0.2, 0.25) is 22.8 Å². The van der Waals surface area contributed by atoms with Gasteiger partial charge in [0.15, 0.2) is 0 Å². The molecule has 0 aromatic carbocycles. The number of nitrogens with one attached hydrogen (secondary N) is 1. The van der Waals surface area contributed by atoms with Crippen LogP contribution in [0, 0.1) is 0 Å². The third kappa shape index (κ3) is 3.46. The van der Waals surface area contributed by atoms with E-state index in [1.807, 2.05) is 12.1 Å². The number of nitrogens with zero attached hydrogens (tertiary/aromatic N) is 5. The predicted molar refractivity (Wildman–Crippen MR) is 86.4 cm³/mol. The van der Waals surface area contributed by atoms with Gasteiger partial charge in [0, 0.05) is 25.0 Å². The second-order valence-electron chi connectivity index (χ2n) is 5.49. The summed E-state index contributed by atoms with van der Waals surface area (Å²) in [4.78, 5) is 20.4. The molecular weight excluding hydrogens is 328 g/mol. The molecule has 1 aliphatic rings. The first-order valence-electron chi connectivity index (χ1n) is 7.65. The maximum Gasteiger partial charge on any atom is 0.227 e. The number of carbonyl (C=O) groups is 1. The topological polar surface area (TPSA) is 107 Å². The third-order valence-corrected chi connectivity index (χ3v) is 4.54. The quantitative estimate of drug-likeness (QED) is 0.733. The molecule has 3 heterocycles. The van der Waals surface area contributed by atoms with Crippen LogP contribution in [0.25, 0.3) is 11.5 Å². The Morgan fingerprint density at radius 2 is 2.25 bits per heavy atom. The van der Waals surface area contributed by atoms with Crippen molar-refractivity contribution in [3.05, 3.63) is 35.3 Å². The Labute approximate surface area is 141 Å². The van der Waals surface area contributed by atoms with Gasteiger partial charge in [-0.2, -0.15) is 4.98 Å². The van der Waals surface area contributed by atoms with Crippen LogP contribution in [-0.2, 0) is 11.2 Å². The average Bonchev–Trinajstić information content (AvgIpc) is 3.17. The maximum atomic E-state index is 12.0. The summed E-state index contributed by atoms with van der Waals surface area (Å²) in [6.07, 6.45) is 4.59. The number of hydrogen-bond donors (Lipinski definition) is 1. The highest BCUT2D eigenvalue weighted by Gasteiger charge is 2.27. The van der Waals surface area contributed by atoms with Crippen LogP contribution in [0.5, 0.6) is 0 Å². The molecule has 0 spiro atoms. The fraction of sp³-hybridized carbons (Fsp3) is 0.333. The number of aromatic nitrogens is 5. The molecule has 1 N–H and O–H groups in total. The molecule has 4 rings (SSSR count). The number of amides is 1. The fourth-order valence-electron chi connectivity index (χ4n) is 2.14. The first-order valence-corrected chi connectivity index (χ1v) is 8.47. The highest BCUT2D eigenvalue weighted by molar-refractivity contribution is 7.15. The summed E-state index contributed by atoms with van der Waals surface area (Å²) in [5.41, 5.74) is 0.637. The molecule has 1 fully saturated rings. The van der Waals surface area contributed by atoms with Gasteiger partial charge in [-0.05, 0) is 25.0 Å². The van der Waals surface area contributed by atoms with Gasteiger partial charge in [-0.25, -0.2) is 0 Å². The molecule has 0 unspecified atom stereocenters. The fourth-order valence-corrected chi connectivity index (χ4v) is 3.07. The molecule has 0 bridgehead atoms. The Balaban J connectivity index is 1.31. The minimum atomic E-state index is -0.147. The van der Waals surface area contributed by atoms with Gasteiger partial charge in [0.1, 0.15) is 10.7 Å². The van der Waals surface area contributed by atoms with Crippen molar-refractivity contribution in [2.45, 2.75) is 31.6 Å². The van der Waals surface area contributed by atoms with Gasteiger partial charge in [-0.1, -0.05) is 22.6 Å². The van der Waals surface area contributed by atoms with Crippen LogP contribution in [0.4, 0.5) is 5.13 Å². The Hall–Kier alpha value is -2.68. The zero-order chi connectivity index (χ0) is 16.4. The van der Waals surface area contributed by atoms with Crippen LogP contribution in [0.3, 0.4) is 0 Å². The van der Waals surface area contributed by atoms with Crippen molar-refractivity contribution < 1.29 is 9.32 Å². The first kappa shape index (κ1) is 14.9. The molecule has 9 heteroatoms. The number of hydrogen-bond acceptors (Lipinski definition) is 8. The van der Waals surface area contributed by atoms with E-state index in [0.29, 0.717) is 34.9 Å².